The molecule has 1 aliphatic rings. The maximum absolute atomic E-state index is 12.4. The van der Waals surface area contributed by atoms with Gasteiger partial charge in [-0.2, -0.15) is 0 Å². The highest BCUT2D eigenvalue weighted by Crippen LogP contribution is 2.38. The Morgan fingerprint density at radius 1 is 1.25 bits per heavy atom. The van der Waals surface area contributed by atoms with Gasteiger partial charge in [-0.25, -0.2) is 4.98 Å². The Morgan fingerprint density at radius 2 is 2.03 bits per heavy atom. The third-order valence-electron chi connectivity index (χ3n) is 5.29. The summed E-state index contributed by atoms with van der Waals surface area (Å²) in [4.78, 5) is 32.0. The summed E-state index contributed by atoms with van der Waals surface area (Å²) in [5, 5.41) is 3.49. The second kappa shape index (κ2) is 9.36. The van der Waals surface area contributed by atoms with Crippen LogP contribution in [0.5, 0.6) is 5.75 Å². The van der Waals surface area contributed by atoms with E-state index in [-0.39, 0.29) is 18.4 Å². The summed E-state index contributed by atoms with van der Waals surface area (Å²) in [7, 11) is 0. The monoisotopic (exact) mass is 447 g/mol. The molecule has 0 atom stereocenters. The van der Waals surface area contributed by atoms with Crippen molar-refractivity contribution in [3.8, 4) is 17.0 Å². The first-order chi connectivity index (χ1) is 15.4. The van der Waals surface area contributed by atoms with Gasteiger partial charge in [-0.15, -0.1) is 17.9 Å². The van der Waals surface area contributed by atoms with Crippen LogP contribution in [-0.2, 0) is 16.0 Å². The molecule has 1 aromatic heterocycles. The van der Waals surface area contributed by atoms with E-state index in [9.17, 15) is 9.59 Å². The summed E-state index contributed by atoms with van der Waals surface area (Å²) in [5.41, 5.74) is 4.69. The number of carbonyl (C=O) groups is 2. The molecule has 2 amide bonds. The number of nitrogens with zero attached hydrogens (tertiary/aromatic N) is 2. The average molecular weight is 448 g/mol. The summed E-state index contributed by atoms with van der Waals surface area (Å²) >= 11 is 1.44. The van der Waals surface area contributed by atoms with E-state index >= 15 is 0 Å². The zero-order chi connectivity index (χ0) is 22.7. The summed E-state index contributed by atoms with van der Waals surface area (Å²) in [6, 6.07) is 13.9. The minimum Gasteiger partial charge on any atom is -0.482 e. The van der Waals surface area contributed by atoms with Crippen LogP contribution in [0.25, 0.3) is 11.3 Å². The van der Waals surface area contributed by atoms with Crippen LogP contribution < -0.4 is 15.0 Å². The van der Waals surface area contributed by atoms with Gasteiger partial charge in [-0.1, -0.05) is 35.9 Å². The number of hydrogen-bond donors (Lipinski definition) is 1. The fourth-order valence-electron chi connectivity index (χ4n) is 3.59. The molecule has 1 aliphatic heterocycles. The normalized spacial score (nSPS) is 12.8. The average Bonchev–Trinajstić information content (AvgIpc) is 3.15. The Kier molecular flexibility index (Phi) is 6.37. The predicted octanol–water partition coefficient (Wildman–Crippen LogP) is 4.91. The summed E-state index contributed by atoms with van der Waals surface area (Å²) in [6.07, 6.45) is 2.77. The molecule has 6 nitrogen and oxygen atoms in total. The fourth-order valence-corrected chi connectivity index (χ4v) is 4.44. The predicted molar refractivity (Wildman–Crippen MR) is 128 cm³/mol. The number of anilines is 2. The van der Waals surface area contributed by atoms with E-state index < -0.39 is 0 Å². The number of amides is 2. The molecular formula is C25H25N3O3S. The van der Waals surface area contributed by atoms with Crippen LogP contribution in [0.1, 0.15) is 22.4 Å². The Balaban J connectivity index is 1.48. The van der Waals surface area contributed by atoms with Crippen molar-refractivity contribution in [2.75, 3.05) is 23.4 Å². The lowest BCUT2D eigenvalue weighted by Crippen LogP contribution is -2.38. The molecule has 164 valence electrons. The number of thiazole rings is 1. The van der Waals surface area contributed by atoms with Crippen molar-refractivity contribution in [1.29, 1.82) is 0 Å². The zero-order valence-corrected chi connectivity index (χ0v) is 19.0. The van der Waals surface area contributed by atoms with E-state index in [1.807, 2.05) is 32.0 Å². The van der Waals surface area contributed by atoms with E-state index in [0.717, 1.165) is 21.7 Å². The fraction of sp³-hybridized carbons (Fsp3) is 0.240. The first-order valence-electron chi connectivity index (χ1n) is 10.5. The standard InChI is InChI=1S/C25H25N3O3S/c1-4-13-28-20-14-19(10-11-21(20)31-15-23(28)30)24-17(3)32-25(27-24)26-22(29)12-9-18-7-5-16(2)6-8-18/h4-8,10-11,14H,1,9,12-13,15H2,2-3H3,(H,26,27,29). The van der Waals surface area contributed by atoms with Crippen LogP contribution in [0, 0.1) is 13.8 Å². The molecule has 7 heteroatoms. The van der Waals surface area contributed by atoms with Crippen LogP contribution in [-0.4, -0.2) is 29.9 Å². The number of aryl methyl sites for hydroxylation is 3. The van der Waals surface area contributed by atoms with Gasteiger partial charge in [0, 0.05) is 23.4 Å². The van der Waals surface area contributed by atoms with E-state index in [1.165, 1.54) is 16.9 Å². The number of ether oxygens (including phenoxy) is 1. The smallest absolute Gasteiger partial charge is 0.265 e. The van der Waals surface area contributed by atoms with E-state index in [1.54, 1.807) is 11.0 Å². The molecule has 32 heavy (non-hydrogen) atoms. The molecular weight excluding hydrogens is 422 g/mol. The molecule has 0 saturated carbocycles. The minimum absolute atomic E-state index is 0.0225. The number of carbonyl (C=O) groups excluding carboxylic acids is 2. The second-order valence-corrected chi connectivity index (χ2v) is 8.92. The van der Waals surface area contributed by atoms with Crippen LogP contribution in [0.15, 0.2) is 55.1 Å². The number of rotatable bonds is 7. The van der Waals surface area contributed by atoms with Crippen molar-refractivity contribution < 1.29 is 14.3 Å². The molecule has 1 N–H and O–H groups in total. The number of fused-ring (bicyclic) bond motifs is 1. The van der Waals surface area contributed by atoms with E-state index in [2.05, 4.69) is 41.1 Å². The molecule has 3 aromatic rings. The molecule has 2 heterocycles. The van der Waals surface area contributed by atoms with Crippen LogP contribution in [0.3, 0.4) is 0 Å². The van der Waals surface area contributed by atoms with E-state index in [0.29, 0.717) is 36.0 Å². The Hall–Kier alpha value is -3.45. The third kappa shape index (κ3) is 4.73. The van der Waals surface area contributed by atoms with Gasteiger partial charge in [-0.05, 0) is 44.0 Å². The van der Waals surface area contributed by atoms with Crippen molar-refractivity contribution in [2.45, 2.75) is 26.7 Å². The number of aromatic nitrogens is 1. The quantitative estimate of drug-likeness (QED) is 0.523. The SMILES string of the molecule is C=CCN1C(=O)COc2ccc(-c3nc(NC(=O)CCc4ccc(C)cc4)sc3C)cc21. The molecule has 0 fully saturated rings. The van der Waals surface area contributed by atoms with Crippen molar-refractivity contribution in [3.63, 3.8) is 0 Å². The molecule has 2 aromatic carbocycles. The van der Waals surface area contributed by atoms with Crippen molar-refractivity contribution in [1.82, 2.24) is 4.98 Å². The summed E-state index contributed by atoms with van der Waals surface area (Å²) < 4.78 is 5.56. The van der Waals surface area contributed by atoms with Crippen molar-refractivity contribution >= 4 is 34.0 Å². The topological polar surface area (TPSA) is 71.5 Å². The number of hydrogen-bond acceptors (Lipinski definition) is 5. The molecule has 0 aliphatic carbocycles. The Morgan fingerprint density at radius 3 is 2.78 bits per heavy atom. The Labute approximate surface area is 191 Å². The van der Waals surface area contributed by atoms with Gasteiger partial charge in [0.25, 0.3) is 5.91 Å². The van der Waals surface area contributed by atoms with Gasteiger partial charge in [0.1, 0.15) is 5.75 Å². The van der Waals surface area contributed by atoms with Gasteiger partial charge in [-0.3, -0.25) is 9.59 Å². The third-order valence-corrected chi connectivity index (χ3v) is 6.18. The Bertz CT molecular complexity index is 1170. The van der Waals surface area contributed by atoms with Crippen molar-refractivity contribution in [3.05, 3.63) is 71.1 Å². The van der Waals surface area contributed by atoms with Gasteiger partial charge in [0.05, 0.1) is 11.4 Å². The maximum Gasteiger partial charge on any atom is 0.265 e. The van der Waals surface area contributed by atoms with Gasteiger partial charge in [0.15, 0.2) is 11.7 Å². The largest absolute Gasteiger partial charge is 0.482 e. The molecule has 0 radical (unpaired) electrons. The molecule has 0 spiro atoms. The van der Waals surface area contributed by atoms with E-state index in [4.69, 9.17) is 4.74 Å². The summed E-state index contributed by atoms with van der Waals surface area (Å²) in [5.74, 6) is 0.492. The van der Waals surface area contributed by atoms with Crippen molar-refractivity contribution in [2.24, 2.45) is 0 Å². The molecule has 0 unspecified atom stereocenters. The lowest BCUT2D eigenvalue weighted by atomic mass is 10.1. The highest BCUT2D eigenvalue weighted by atomic mass is 32.1. The van der Waals surface area contributed by atoms with Crippen LogP contribution in [0.2, 0.25) is 0 Å². The highest BCUT2D eigenvalue weighted by molar-refractivity contribution is 7.16. The lowest BCUT2D eigenvalue weighted by molar-refractivity contribution is -0.121. The van der Waals surface area contributed by atoms with Crippen LogP contribution in [0.4, 0.5) is 10.8 Å². The zero-order valence-electron chi connectivity index (χ0n) is 18.2. The molecule has 4 rings (SSSR count). The van der Waals surface area contributed by atoms with Gasteiger partial charge < -0.3 is 15.0 Å². The minimum atomic E-state index is -0.105. The summed E-state index contributed by atoms with van der Waals surface area (Å²) in [6.45, 7) is 8.19. The second-order valence-electron chi connectivity index (χ2n) is 7.72. The first kappa shape index (κ1) is 21.8. The van der Waals surface area contributed by atoms with Gasteiger partial charge >= 0.3 is 0 Å². The molecule has 0 saturated heterocycles. The maximum atomic E-state index is 12.4. The van der Waals surface area contributed by atoms with Gasteiger partial charge in [0.2, 0.25) is 5.91 Å². The highest BCUT2D eigenvalue weighted by Gasteiger charge is 2.25. The number of benzene rings is 2. The van der Waals surface area contributed by atoms with Crippen LogP contribution >= 0.6 is 11.3 Å². The first-order valence-corrected chi connectivity index (χ1v) is 11.3. The lowest BCUT2D eigenvalue weighted by Gasteiger charge is -2.28. The molecule has 0 bridgehead atoms. The number of nitrogens with one attached hydrogen (secondary N) is 1.